The molecule has 0 radical (unpaired) electrons. The molecule has 6 heteroatoms. The zero-order valence-corrected chi connectivity index (χ0v) is 13.3. The van der Waals surface area contributed by atoms with Crippen LogP contribution in [0.4, 0.5) is 0 Å². The van der Waals surface area contributed by atoms with Crippen LogP contribution in [0.5, 0.6) is 0 Å². The number of hydrogen-bond acceptors (Lipinski definition) is 3. The Morgan fingerprint density at radius 3 is 2.30 bits per heavy atom. The lowest BCUT2D eigenvalue weighted by Crippen LogP contribution is -2.47. The number of nitrogens with one attached hydrogen (secondary N) is 2. The third-order valence-corrected chi connectivity index (χ3v) is 3.76. The van der Waals surface area contributed by atoms with Crippen LogP contribution in [0.2, 0.25) is 0 Å². The van der Waals surface area contributed by atoms with Crippen molar-refractivity contribution >= 4 is 24.2 Å². The van der Waals surface area contributed by atoms with Gasteiger partial charge in [-0.05, 0) is 24.7 Å². The molecule has 0 aromatic rings. The predicted octanol–water partition coefficient (Wildman–Crippen LogP) is 1.20. The molecule has 1 fully saturated rings. The van der Waals surface area contributed by atoms with Gasteiger partial charge in [-0.1, -0.05) is 33.1 Å². The third kappa shape index (κ3) is 7.10. The van der Waals surface area contributed by atoms with Crippen LogP contribution in [-0.4, -0.2) is 30.9 Å². The fourth-order valence-corrected chi connectivity index (χ4v) is 2.30. The SMILES string of the molecule is CC(C)[C@H](N)C(=O)NCC(=O)NCC1CCCCC1.Cl. The molecular formula is C14H28ClN3O2. The highest BCUT2D eigenvalue weighted by Crippen LogP contribution is 2.22. The fraction of sp³-hybridized carbons (Fsp3) is 0.857. The summed E-state index contributed by atoms with van der Waals surface area (Å²) in [5, 5.41) is 5.46. The van der Waals surface area contributed by atoms with E-state index in [4.69, 9.17) is 5.73 Å². The maximum absolute atomic E-state index is 11.6. The molecule has 0 spiro atoms. The molecule has 2 amide bonds. The highest BCUT2D eigenvalue weighted by molar-refractivity contribution is 5.87. The van der Waals surface area contributed by atoms with E-state index in [1.807, 2.05) is 13.8 Å². The average molecular weight is 306 g/mol. The fourth-order valence-electron chi connectivity index (χ4n) is 2.30. The summed E-state index contributed by atoms with van der Waals surface area (Å²) in [5.41, 5.74) is 5.69. The Labute approximate surface area is 127 Å². The highest BCUT2D eigenvalue weighted by Gasteiger charge is 2.18. The molecule has 0 aromatic heterocycles. The first-order chi connectivity index (χ1) is 9.00. The Kier molecular flexibility index (Phi) is 9.59. The van der Waals surface area contributed by atoms with Crippen LogP contribution < -0.4 is 16.4 Å². The first-order valence-electron chi connectivity index (χ1n) is 7.30. The van der Waals surface area contributed by atoms with Crippen molar-refractivity contribution in [1.82, 2.24) is 10.6 Å². The predicted molar refractivity (Wildman–Crippen MR) is 82.7 cm³/mol. The van der Waals surface area contributed by atoms with Gasteiger partial charge >= 0.3 is 0 Å². The zero-order chi connectivity index (χ0) is 14.3. The van der Waals surface area contributed by atoms with E-state index in [1.165, 1.54) is 32.1 Å². The van der Waals surface area contributed by atoms with Gasteiger partial charge in [-0.15, -0.1) is 12.4 Å². The van der Waals surface area contributed by atoms with Gasteiger partial charge in [0.25, 0.3) is 0 Å². The van der Waals surface area contributed by atoms with E-state index in [0.717, 1.165) is 6.54 Å². The molecule has 0 aliphatic heterocycles. The van der Waals surface area contributed by atoms with E-state index in [-0.39, 0.29) is 36.7 Å². The minimum atomic E-state index is -0.550. The summed E-state index contributed by atoms with van der Waals surface area (Å²) in [6.07, 6.45) is 6.24. The average Bonchev–Trinajstić information content (AvgIpc) is 2.42. The van der Waals surface area contributed by atoms with E-state index >= 15 is 0 Å². The number of carbonyl (C=O) groups excluding carboxylic acids is 2. The molecular weight excluding hydrogens is 278 g/mol. The molecule has 0 unspecified atom stereocenters. The van der Waals surface area contributed by atoms with Gasteiger partial charge in [-0.3, -0.25) is 9.59 Å². The molecule has 1 aliphatic rings. The molecule has 20 heavy (non-hydrogen) atoms. The van der Waals surface area contributed by atoms with Crippen molar-refractivity contribution in [2.24, 2.45) is 17.6 Å². The summed E-state index contributed by atoms with van der Waals surface area (Å²) < 4.78 is 0. The van der Waals surface area contributed by atoms with Crippen LogP contribution in [0.25, 0.3) is 0 Å². The maximum atomic E-state index is 11.6. The first kappa shape index (κ1) is 19.2. The monoisotopic (exact) mass is 305 g/mol. The number of amides is 2. The molecule has 1 saturated carbocycles. The Bertz CT molecular complexity index is 305. The molecule has 1 rings (SSSR count). The number of hydrogen-bond donors (Lipinski definition) is 3. The lowest BCUT2D eigenvalue weighted by molar-refractivity contribution is -0.127. The van der Waals surface area contributed by atoms with Crippen molar-refractivity contribution in [3.05, 3.63) is 0 Å². The summed E-state index contributed by atoms with van der Waals surface area (Å²) in [5.74, 6) is 0.286. The van der Waals surface area contributed by atoms with Gasteiger partial charge in [0.2, 0.25) is 11.8 Å². The van der Waals surface area contributed by atoms with Crippen LogP contribution in [0, 0.1) is 11.8 Å². The summed E-state index contributed by atoms with van der Waals surface area (Å²) in [7, 11) is 0. The van der Waals surface area contributed by atoms with Gasteiger partial charge in [0, 0.05) is 6.54 Å². The second-order valence-corrected chi connectivity index (χ2v) is 5.80. The summed E-state index contributed by atoms with van der Waals surface area (Å²) in [4.78, 5) is 23.2. The van der Waals surface area contributed by atoms with Gasteiger partial charge in [0.1, 0.15) is 0 Å². The van der Waals surface area contributed by atoms with Crippen LogP contribution in [0.15, 0.2) is 0 Å². The third-order valence-electron chi connectivity index (χ3n) is 3.76. The maximum Gasteiger partial charge on any atom is 0.239 e. The van der Waals surface area contributed by atoms with Gasteiger partial charge in [-0.2, -0.15) is 0 Å². The molecule has 5 nitrogen and oxygen atoms in total. The van der Waals surface area contributed by atoms with E-state index < -0.39 is 6.04 Å². The minimum Gasteiger partial charge on any atom is -0.354 e. The molecule has 4 N–H and O–H groups in total. The smallest absolute Gasteiger partial charge is 0.239 e. The van der Waals surface area contributed by atoms with Crippen LogP contribution >= 0.6 is 12.4 Å². The number of halogens is 1. The number of carbonyl (C=O) groups is 2. The van der Waals surface area contributed by atoms with E-state index in [0.29, 0.717) is 5.92 Å². The van der Waals surface area contributed by atoms with E-state index in [1.54, 1.807) is 0 Å². The summed E-state index contributed by atoms with van der Waals surface area (Å²) >= 11 is 0. The van der Waals surface area contributed by atoms with Gasteiger partial charge in [0.15, 0.2) is 0 Å². The Hall–Kier alpha value is -0.810. The molecule has 0 heterocycles. The van der Waals surface area contributed by atoms with E-state index in [9.17, 15) is 9.59 Å². The van der Waals surface area contributed by atoms with Crippen molar-refractivity contribution in [2.75, 3.05) is 13.1 Å². The molecule has 0 bridgehead atoms. The standard InChI is InChI=1S/C14H27N3O2.ClH/c1-10(2)13(15)14(19)17-9-12(18)16-8-11-6-4-3-5-7-11;/h10-11,13H,3-9,15H2,1-2H3,(H,16,18)(H,17,19);1H/t13-;/m0./s1. The van der Waals surface area contributed by atoms with Crippen molar-refractivity contribution in [1.29, 1.82) is 0 Å². The Morgan fingerprint density at radius 2 is 1.75 bits per heavy atom. The second-order valence-electron chi connectivity index (χ2n) is 5.80. The van der Waals surface area contributed by atoms with Crippen LogP contribution in [0.1, 0.15) is 46.0 Å². The van der Waals surface area contributed by atoms with E-state index in [2.05, 4.69) is 10.6 Å². The van der Waals surface area contributed by atoms with Crippen molar-refractivity contribution in [3.63, 3.8) is 0 Å². The Morgan fingerprint density at radius 1 is 1.15 bits per heavy atom. The lowest BCUT2D eigenvalue weighted by atomic mass is 9.89. The minimum absolute atomic E-state index is 0. The highest BCUT2D eigenvalue weighted by atomic mass is 35.5. The van der Waals surface area contributed by atoms with Crippen LogP contribution in [0.3, 0.4) is 0 Å². The summed E-state index contributed by atoms with van der Waals surface area (Å²) in [6, 6.07) is -0.550. The zero-order valence-electron chi connectivity index (χ0n) is 12.5. The largest absolute Gasteiger partial charge is 0.354 e. The first-order valence-corrected chi connectivity index (χ1v) is 7.30. The Balaban J connectivity index is 0.00000361. The second kappa shape index (κ2) is 10.00. The van der Waals surface area contributed by atoms with Gasteiger partial charge in [0.05, 0.1) is 12.6 Å². The van der Waals surface area contributed by atoms with Crippen LogP contribution in [-0.2, 0) is 9.59 Å². The number of nitrogens with two attached hydrogens (primary N) is 1. The topological polar surface area (TPSA) is 84.2 Å². The molecule has 0 aromatic carbocycles. The molecule has 0 saturated heterocycles. The summed E-state index contributed by atoms with van der Waals surface area (Å²) in [6.45, 7) is 4.51. The normalized spacial score (nSPS) is 17.2. The van der Waals surface area contributed by atoms with Crippen molar-refractivity contribution in [3.8, 4) is 0 Å². The molecule has 1 atom stereocenters. The van der Waals surface area contributed by atoms with Gasteiger partial charge < -0.3 is 16.4 Å². The quantitative estimate of drug-likeness (QED) is 0.689. The molecule has 1 aliphatic carbocycles. The number of rotatable bonds is 6. The van der Waals surface area contributed by atoms with Crippen molar-refractivity contribution in [2.45, 2.75) is 52.0 Å². The van der Waals surface area contributed by atoms with Gasteiger partial charge in [-0.25, -0.2) is 0 Å². The lowest BCUT2D eigenvalue weighted by Gasteiger charge is -2.22. The molecule has 118 valence electrons. The van der Waals surface area contributed by atoms with Crippen molar-refractivity contribution < 1.29 is 9.59 Å².